The number of amides is 2. The zero-order valence-electron chi connectivity index (χ0n) is 24.0. The predicted molar refractivity (Wildman–Crippen MR) is 160 cm³/mol. The number of pyridine rings is 1. The number of para-hydroxylation sites is 1. The number of hydroxylamine groups is 1. The lowest BCUT2D eigenvalue weighted by Gasteiger charge is -2.30. The third-order valence-corrected chi connectivity index (χ3v) is 7.82. The monoisotopic (exact) mass is 568 g/mol. The molecule has 2 atom stereocenters. The Bertz CT molecular complexity index is 1570. The third-order valence-electron chi connectivity index (χ3n) is 7.82. The molecule has 1 aliphatic heterocycles. The second-order valence-corrected chi connectivity index (χ2v) is 11.1. The number of nitrogens with zero attached hydrogens (tertiary/aromatic N) is 2. The molecule has 9 heteroatoms. The molecule has 4 aromatic rings. The smallest absolute Gasteiger partial charge is 0.266 e. The summed E-state index contributed by atoms with van der Waals surface area (Å²) in [4.78, 5) is 32.1. The van der Waals surface area contributed by atoms with E-state index in [9.17, 15) is 14.8 Å². The summed E-state index contributed by atoms with van der Waals surface area (Å²) >= 11 is 0. The molecule has 42 heavy (non-hydrogen) atoms. The lowest BCUT2D eigenvalue weighted by atomic mass is 9.89. The zero-order valence-corrected chi connectivity index (χ0v) is 24.0. The van der Waals surface area contributed by atoms with Crippen molar-refractivity contribution in [3.63, 3.8) is 0 Å². The number of hydrogen-bond donors (Lipinski definition) is 3. The van der Waals surface area contributed by atoms with Gasteiger partial charge in [0.25, 0.3) is 5.91 Å². The van der Waals surface area contributed by atoms with Gasteiger partial charge in [-0.2, -0.15) is 0 Å². The maximum absolute atomic E-state index is 13.5. The van der Waals surface area contributed by atoms with Gasteiger partial charge in [0.05, 0.1) is 18.3 Å². The van der Waals surface area contributed by atoms with Gasteiger partial charge < -0.3 is 20.1 Å². The number of methoxy groups -OCH3 is 1. The molecule has 3 aromatic carbocycles. The molecular formula is C33H36N4O5. The minimum atomic E-state index is -1.27. The van der Waals surface area contributed by atoms with E-state index >= 15 is 0 Å². The summed E-state index contributed by atoms with van der Waals surface area (Å²) in [6.45, 7) is 4.56. The molecule has 0 saturated carbocycles. The van der Waals surface area contributed by atoms with Crippen molar-refractivity contribution in [1.29, 1.82) is 0 Å². The molecule has 2 heterocycles. The second kappa shape index (κ2) is 12.2. The van der Waals surface area contributed by atoms with Crippen LogP contribution < -0.4 is 20.7 Å². The predicted octanol–water partition coefficient (Wildman–Crippen LogP) is 4.80. The largest absolute Gasteiger partial charge is 0.497 e. The van der Waals surface area contributed by atoms with Crippen molar-refractivity contribution in [1.82, 2.24) is 15.4 Å². The Morgan fingerprint density at radius 1 is 1.07 bits per heavy atom. The van der Waals surface area contributed by atoms with Crippen molar-refractivity contribution in [2.24, 2.45) is 11.7 Å². The van der Waals surface area contributed by atoms with Gasteiger partial charge in [0.15, 0.2) is 0 Å². The Labute approximate surface area is 245 Å². The van der Waals surface area contributed by atoms with Gasteiger partial charge in [-0.3, -0.25) is 14.8 Å². The van der Waals surface area contributed by atoms with E-state index in [1.165, 1.54) is 4.90 Å². The van der Waals surface area contributed by atoms with Gasteiger partial charge in [-0.1, -0.05) is 44.2 Å². The Hall–Kier alpha value is -4.47. The second-order valence-electron chi connectivity index (χ2n) is 11.1. The van der Waals surface area contributed by atoms with E-state index in [0.29, 0.717) is 37.3 Å². The average molecular weight is 569 g/mol. The van der Waals surface area contributed by atoms with Gasteiger partial charge in [0.2, 0.25) is 5.91 Å². The fraction of sp³-hybridized carbons (Fsp3) is 0.303. The van der Waals surface area contributed by atoms with E-state index in [1.807, 2.05) is 68.4 Å². The molecule has 1 fully saturated rings. The molecule has 0 bridgehead atoms. The average Bonchev–Trinajstić information content (AvgIpc) is 3.32. The quantitative estimate of drug-likeness (QED) is 0.185. The Kier molecular flexibility index (Phi) is 8.42. The first kappa shape index (κ1) is 29.0. The number of ether oxygens (including phenoxy) is 2. The Morgan fingerprint density at radius 3 is 2.43 bits per heavy atom. The summed E-state index contributed by atoms with van der Waals surface area (Å²) in [5, 5.41) is 10.2. The van der Waals surface area contributed by atoms with E-state index in [-0.39, 0.29) is 11.8 Å². The molecule has 2 amide bonds. The molecular weight excluding hydrogens is 532 g/mol. The Balaban J connectivity index is 1.34. The molecule has 218 valence electrons. The normalized spacial score (nSPS) is 17.5. The van der Waals surface area contributed by atoms with Gasteiger partial charge in [-0.05, 0) is 72.9 Å². The topological polar surface area (TPSA) is 127 Å². The van der Waals surface area contributed by atoms with Gasteiger partial charge in [-0.25, -0.2) is 10.5 Å². The number of carbonyl (C=O) groups excluding carboxylic acids is 2. The summed E-state index contributed by atoms with van der Waals surface area (Å²) in [5.74, 6) is 0.621. The highest BCUT2D eigenvalue weighted by atomic mass is 16.5. The van der Waals surface area contributed by atoms with Crippen molar-refractivity contribution in [3.8, 4) is 22.8 Å². The van der Waals surface area contributed by atoms with E-state index in [0.717, 1.165) is 33.5 Å². The fourth-order valence-electron chi connectivity index (χ4n) is 5.51. The number of nitrogens with two attached hydrogens (primary N) is 1. The molecule has 0 spiro atoms. The number of fused-ring (bicyclic) bond motifs is 1. The van der Waals surface area contributed by atoms with Crippen molar-refractivity contribution in [2.45, 2.75) is 44.9 Å². The summed E-state index contributed by atoms with van der Waals surface area (Å²) in [6.07, 6.45) is 0.779. The SMILES string of the molecule is COc1ccc(-c2cc(COc3ccc(C4(N)CCN(C(CC(C)C)C(=O)NO)C4=O)cc3)c3ccccc3n2)cc1. The number of hydrogen-bond acceptors (Lipinski definition) is 7. The summed E-state index contributed by atoms with van der Waals surface area (Å²) in [7, 11) is 1.64. The van der Waals surface area contributed by atoms with E-state index in [4.69, 9.17) is 20.2 Å². The molecule has 9 nitrogen and oxygen atoms in total. The van der Waals surface area contributed by atoms with Crippen LogP contribution in [0.25, 0.3) is 22.2 Å². The van der Waals surface area contributed by atoms with Crippen LogP contribution in [0, 0.1) is 5.92 Å². The first-order valence-electron chi connectivity index (χ1n) is 14.0. The third kappa shape index (κ3) is 5.79. The fourth-order valence-corrected chi connectivity index (χ4v) is 5.51. The highest BCUT2D eigenvalue weighted by Gasteiger charge is 2.48. The molecule has 0 radical (unpaired) electrons. The molecule has 0 aliphatic carbocycles. The van der Waals surface area contributed by atoms with Crippen molar-refractivity contribution in [3.05, 3.63) is 90.0 Å². The van der Waals surface area contributed by atoms with Crippen molar-refractivity contribution < 1.29 is 24.3 Å². The molecule has 4 N–H and O–H groups in total. The maximum atomic E-state index is 13.5. The summed E-state index contributed by atoms with van der Waals surface area (Å²) in [6, 6.07) is 24.2. The van der Waals surface area contributed by atoms with E-state index < -0.39 is 17.5 Å². The first-order valence-corrected chi connectivity index (χ1v) is 14.0. The first-order chi connectivity index (χ1) is 20.2. The standard InChI is InChI=1S/C33H36N4O5/c1-21(2)18-30(31(38)36-40)37-17-16-33(34,32(37)39)24-10-14-26(15-11-24)42-20-23-19-29(22-8-12-25(41-3)13-9-22)35-28-7-5-4-6-27(23)28/h4-15,19,21,30,40H,16-18,20,34H2,1-3H3,(H,36,38). The van der Waals surface area contributed by atoms with Crippen LogP contribution in [-0.4, -0.2) is 46.6 Å². The lowest BCUT2D eigenvalue weighted by molar-refractivity contribution is -0.144. The number of aromatic nitrogens is 1. The lowest BCUT2D eigenvalue weighted by Crippen LogP contribution is -2.52. The number of benzene rings is 3. The van der Waals surface area contributed by atoms with Gasteiger partial charge >= 0.3 is 0 Å². The van der Waals surface area contributed by atoms with Gasteiger partial charge in [0, 0.05) is 23.1 Å². The zero-order chi connectivity index (χ0) is 29.9. The van der Waals surface area contributed by atoms with Crippen LogP contribution in [0.4, 0.5) is 0 Å². The van der Waals surface area contributed by atoms with Crippen LogP contribution in [0.2, 0.25) is 0 Å². The molecule has 5 rings (SSSR count). The minimum absolute atomic E-state index is 0.147. The molecule has 1 aromatic heterocycles. The van der Waals surface area contributed by atoms with Crippen LogP contribution >= 0.6 is 0 Å². The Morgan fingerprint density at radius 2 is 1.76 bits per heavy atom. The summed E-state index contributed by atoms with van der Waals surface area (Å²) < 4.78 is 11.5. The highest BCUT2D eigenvalue weighted by molar-refractivity contribution is 5.94. The number of nitrogens with one attached hydrogen (secondary N) is 1. The highest BCUT2D eigenvalue weighted by Crippen LogP contribution is 2.34. The number of rotatable bonds is 10. The maximum Gasteiger partial charge on any atom is 0.266 e. The van der Waals surface area contributed by atoms with Crippen LogP contribution in [0.5, 0.6) is 11.5 Å². The summed E-state index contributed by atoms with van der Waals surface area (Å²) in [5.41, 5.74) is 11.4. The molecule has 1 aliphatic rings. The number of carbonyl (C=O) groups is 2. The van der Waals surface area contributed by atoms with Crippen LogP contribution in [0.15, 0.2) is 78.9 Å². The van der Waals surface area contributed by atoms with Crippen molar-refractivity contribution in [2.75, 3.05) is 13.7 Å². The van der Waals surface area contributed by atoms with Gasteiger partial charge in [0.1, 0.15) is 29.7 Å². The van der Waals surface area contributed by atoms with Crippen LogP contribution in [0.1, 0.15) is 37.8 Å². The van der Waals surface area contributed by atoms with Crippen LogP contribution in [0.3, 0.4) is 0 Å². The molecule has 1 saturated heterocycles. The minimum Gasteiger partial charge on any atom is -0.497 e. The van der Waals surface area contributed by atoms with Gasteiger partial charge in [-0.15, -0.1) is 0 Å². The van der Waals surface area contributed by atoms with Crippen LogP contribution in [-0.2, 0) is 21.7 Å². The van der Waals surface area contributed by atoms with E-state index in [1.54, 1.807) is 36.9 Å². The molecule has 2 unspecified atom stereocenters. The van der Waals surface area contributed by atoms with Crippen molar-refractivity contribution >= 4 is 22.7 Å². The van der Waals surface area contributed by atoms with E-state index in [2.05, 4.69) is 0 Å². The number of likely N-dealkylation sites (tertiary alicyclic amines) is 1.